The molecule has 0 bridgehead atoms. The highest BCUT2D eigenvalue weighted by molar-refractivity contribution is 9.10. The molecule has 1 heterocycles. The van der Waals surface area contributed by atoms with Gasteiger partial charge in [-0.15, -0.1) is 13.2 Å². The van der Waals surface area contributed by atoms with Crippen LogP contribution in [0.1, 0.15) is 12.0 Å². The Morgan fingerprint density at radius 3 is 2.39 bits per heavy atom. The van der Waals surface area contributed by atoms with Crippen molar-refractivity contribution in [2.45, 2.75) is 12.8 Å². The van der Waals surface area contributed by atoms with E-state index in [1.54, 1.807) is 0 Å². The van der Waals surface area contributed by atoms with Gasteiger partial charge in [-0.3, -0.25) is 10.1 Å². The van der Waals surface area contributed by atoms with Gasteiger partial charge in [0.05, 0.1) is 10.5 Å². The van der Waals surface area contributed by atoms with Crippen LogP contribution in [0, 0.1) is 10.1 Å². The number of halogens is 6. The van der Waals surface area contributed by atoms with E-state index in [1.807, 2.05) is 0 Å². The molecule has 0 aliphatic rings. The molecular weight excluding hydrogens is 335 g/mol. The molecule has 0 N–H and O–H groups in total. The van der Waals surface area contributed by atoms with E-state index < -0.39 is 39.3 Å². The molecule has 0 spiro atoms. The van der Waals surface area contributed by atoms with E-state index in [1.165, 1.54) is 0 Å². The average molecular weight is 337 g/mol. The van der Waals surface area contributed by atoms with Gasteiger partial charge in [0.15, 0.2) is 0 Å². The summed E-state index contributed by atoms with van der Waals surface area (Å²) < 4.78 is 63.0. The third-order valence-electron chi connectivity index (χ3n) is 1.61. The summed E-state index contributed by atoms with van der Waals surface area (Å²) in [4.78, 5) is 12.1. The van der Waals surface area contributed by atoms with Crippen molar-refractivity contribution in [1.82, 2.24) is 4.98 Å². The number of ether oxygens (including phenoxy) is 1. The van der Waals surface area contributed by atoms with E-state index in [2.05, 4.69) is 25.7 Å². The van der Waals surface area contributed by atoms with Crippen LogP contribution in [0.25, 0.3) is 0 Å². The Morgan fingerprint density at radius 2 is 2.00 bits per heavy atom. The molecule has 0 amide bonds. The van der Waals surface area contributed by atoms with E-state index in [-0.39, 0.29) is 0 Å². The summed E-state index contributed by atoms with van der Waals surface area (Å²) in [5.41, 5.74) is -2.22. The molecule has 1 aromatic heterocycles. The maximum Gasteiger partial charge on any atom is 0.574 e. The molecular formula is C7H2BrF5N2O3. The minimum Gasteiger partial charge on any atom is -0.381 e. The zero-order chi connectivity index (χ0) is 14.1. The van der Waals surface area contributed by atoms with Gasteiger partial charge in [-0.25, -0.2) is 13.8 Å². The molecule has 0 aliphatic heterocycles. The van der Waals surface area contributed by atoms with Crippen LogP contribution in [0.4, 0.5) is 27.6 Å². The van der Waals surface area contributed by atoms with E-state index >= 15 is 0 Å². The fraction of sp³-hybridized carbons (Fsp3) is 0.286. The summed E-state index contributed by atoms with van der Waals surface area (Å²) in [5.74, 6) is -1.41. The quantitative estimate of drug-likeness (QED) is 0.480. The first-order valence-electron chi connectivity index (χ1n) is 4.00. The molecule has 0 aliphatic carbocycles. The van der Waals surface area contributed by atoms with Crippen molar-refractivity contribution < 1.29 is 31.6 Å². The van der Waals surface area contributed by atoms with Gasteiger partial charge < -0.3 is 4.74 Å². The second kappa shape index (κ2) is 5.00. The Labute approximate surface area is 104 Å². The van der Waals surface area contributed by atoms with Crippen LogP contribution in [-0.4, -0.2) is 16.3 Å². The maximum atomic E-state index is 12.4. The molecule has 0 fully saturated rings. The lowest BCUT2D eigenvalue weighted by Crippen LogP contribution is -2.19. The van der Waals surface area contributed by atoms with Crippen LogP contribution in [0.5, 0.6) is 5.88 Å². The highest BCUT2D eigenvalue weighted by atomic mass is 79.9. The number of rotatable bonds is 3. The monoisotopic (exact) mass is 336 g/mol. The van der Waals surface area contributed by atoms with Gasteiger partial charge >= 0.3 is 17.9 Å². The van der Waals surface area contributed by atoms with E-state index in [4.69, 9.17) is 0 Å². The van der Waals surface area contributed by atoms with E-state index in [0.717, 1.165) is 0 Å². The van der Waals surface area contributed by atoms with Crippen LogP contribution in [-0.2, 0) is 0 Å². The van der Waals surface area contributed by atoms with Gasteiger partial charge in [0.2, 0.25) is 0 Å². The molecule has 0 saturated heterocycles. The van der Waals surface area contributed by atoms with Gasteiger partial charge in [0.25, 0.3) is 6.43 Å². The Bertz CT molecular complexity index is 479. The molecule has 18 heavy (non-hydrogen) atoms. The van der Waals surface area contributed by atoms with Gasteiger partial charge in [0.1, 0.15) is 4.47 Å². The molecule has 0 radical (unpaired) electrons. The fourth-order valence-corrected chi connectivity index (χ4v) is 1.56. The molecule has 0 atom stereocenters. The minimum absolute atomic E-state index is 0.364. The predicted molar refractivity (Wildman–Crippen MR) is 50.2 cm³/mol. The van der Waals surface area contributed by atoms with Gasteiger partial charge in [-0.05, 0) is 15.9 Å². The molecule has 0 unspecified atom stereocenters. The number of hydrogen-bond acceptors (Lipinski definition) is 4. The Balaban J connectivity index is 3.37. The lowest BCUT2D eigenvalue weighted by Gasteiger charge is -2.10. The number of nitrogens with zero attached hydrogens (tertiary/aromatic N) is 2. The molecule has 1 rings (SSSR count). The van der Waals surface area contributed by atoms with Crippen molar-refractivity contribution in [3.63, 3.8) is 0 Å². The van der Waals surface area contributed by atoms with Crippen molar-refractivity contribution in [3.8, 4) is 5.88 Å². The van der Waals surface area contributed by atoms with Crippen molar-refractivity contribution in [2.24, 2.45) is 0 Å². The van der Waals surface area contributed by atoms with Crippen molar-refractivity contribution in [2.75, 3.05) is 0 Å². The van der Waals surface area contributed by atoms with Crippen LogP contribution in [0.15, 0.2) is 10.7 Å². The van der Waals surface area contributed by atoms with E-state index in [0.29, 0.717) is 6.20 Å². The molecule has 1 aromatic rings. The number of hydrogen-bond donors (Lipinski definition) is 0. The second-order valence-corrected chi connectivity index (χ2v) is 3.58. The van der Waals surface area contributed by atoms with Gasteiger partial charge in [-0.1, -0.05) is 0 Å². The summed E-state index contributed by atoms with van der Waals surface area (Å²) in [7, 11) is 0. The number of alkyl halides is 5. The summed E-state index contributed by atoms with van der Waals surface area (Å²) in [6, 6.07) is 0. The van der Waals surface area contributed by atoms with Crippen LogP contribution >= 0.6 is 15.9 Å². The fourth-order valence-electron chi connectivity index (χ4n) is 0.971. The Morgan fingerprint density at radius 1 is 1.44 bits per heavy atom. The third kappa shape index (κ3) is 3.24. The van der Waals surface area contributed by atoms with Crippen molar-refractivity contribution >= 4 is 21.6 Å². The van der Waals surface area contributed by atoms with Crippen LogP contribution in [0.3, 0.4) is 0 Å². The molecule has 0 aromatic carbocycles. The first-order valence-corrected chi connectivity index (χ1v) is 4.79. The average Bonchev–Trinajstić information content (AvgIpc) is 2.13. The standard InChI is InChI=1S/C7H2BrF5N2O3/c8-3-2(5(9)10)1-14-6(4(3)15(16)17)18-7(11,12)13/h1,5H. The van der Waals surface area contributed by atoms with Gasteiger partial charge in [0, 0.05) is 6.20 Å². The highest BCUT2D eigenvalue weighted by Gasteiger charge is 2.37. The summed E-state index contributed by atoms with van der Waals surface area (Å²) in [5, 5.41) is 10.5. The molecule has 5 nitrogen and oxygen atoms in total. The SMILES string of the molecule is O=[N+]([O-])c1c(OC(F)(F)F)ncc(C(F)F)c1Br. The zero-order valence-corrected chi connectivity index (χ0v) is 9.63. The summed E-state index contributed by atoms with van der Waals surface area (Å²) >= 11 is 2.43. The summed E-state index contributed by atoms with van der Waals surface area (Å²) in [6.07, 6.45) is -7.99. The van der Waals surface area contributed by atoms with Crippen LogP contribution < -0.4 is 4.74 Å². The molecule has 100 valence electrons. The predicted octanol–water partition coefficient (Wildman–Crippen LogP) is 3.59. The van der Waals surface area contributed by atoms with Crippen molar-refractivity contribution in [3.05, 3.63) is 26.3 Å². The van der Waals surface area contributed by atoms with E-state index in [9.17, 15) is 32.1 Å². The Kier molecular flexibility index (Phi) is 4.04. The summed E-state index contributed by atoms with van der Waals surface area (Å²) in [6.45, 7) is 0. The topological polar surface area (TPSA) is 65.3 Å². The first-order chi connectivity index (χ1) is 8.13. The minimum atomic E-state index is -5.22. The maximum absolute atomic E-state index is 12.4. The molecule has 11 heteroatoms. The number of pyridine rings is 1. The molecule has 0 saturated carbocycles. The lowest BCUT2D eigenvalue weighted by atomic mass is 10.2. The first kappa shape index (κ1) is 14.5. The highest BCUT2D eigenvalue weighted by Crippen LogP contribution is 2.40. The smallest absolute Gasteiger partial charge is 0.381 e. The Hall–Kier alpha value is -1.52. The van der Waals surface area contributed by atoms with Crippen molar-refractivity contribution in [1.29, 1.82) is 0 Å². The lowest BCUT2D eigenvalue weighted by molar-refractivity contribution is -0.390. The number of aromatic nitrogens is 1. The zero-order valence-electron chi connectivity index (χ0n) is 8.04. The van der Waals surface area contributed by atoms with Crippen LogP contribution in [0.2, 0.25) is 0 Å². The number of nitro groups is 1. The largest absolute Gasteiger partial charge is 0.574 e. The second-order valence-electron chi connectivity index (χ2n) is 2.79. The third-order valence-corrected chi connectivity index (χ3v) is 2.45. The normalized spacial score (nSPS) is 11.7. The van der Waals surface area contributed by atoms with Gasteiger partial charge in [-0.2, -0.15) is 0 Å².